The number of nitrogens with zero attached hydrogens (tertiary/aromatic N) is 1. The van der Waals surface area contributed by atoms with Crippen molar-refractivity contribution in [3.8, 4) is 5.75 Å². The largest absolute Gasteiger partial charge is 0.497 e. The average molecular weight is 550 g/mol. The van der Waals surface area contributed by atoms with Crippen LogP contribution in [0.3, 0.4) is 0 Å². The first-order valence-corrected chi connectivity index (χ1v) is 15.3. The maximum absolute atomic E-state index is 14.3. The van der Waals surface area contributed by atoms with Gasteiger partial charge in [0.15, 0.2) is 0 Å². The van der Waals surface area contributed by atoms with E-state index >= 15 is 0 Å². The molecule has 1 aromatic rings. The van der Waals surface area contributed by atoms with Crippen LogP contribution >= 0.6 is 0 Å². The van der Waals surface area contributed by atoms with Crippen LogP contribution in [0.1, 0.15) is 76.7 Å². The van der Waals surface area contributed by atoms with E-state index in [0.29, 0.717) is 13.0 Å². The predicted molar refractivity (Wildman–Crippen MR) is 151 cm³/mol. The van der Waals surface area contributed by atoms with Gasteiger partial charge in [0.05, 0.1) is 24.5 Å². The van der Waals surface area contributed by atoms with Crippen LogP contribution in [0.15, 0.2) is 36.4 Å². The summed E-state index contributed by atoms with van der Waals surface area (Å²) < 4.78 is 12.0. The maximum Gasteiger partial charge on any atom is 0.246 e. The number of rotatable bonds is 8. The highest BCUT2D eigenvalue weighted by molar-refractivity contribution is 6.00. The van der Waals surface area contributed by atoms with Crippen molar-refractivity contribution in [3.63, 3.8) is 0 Å². The number of benzene rings is 1. The number of nitrogens with one attached hydrogen (secondary N) is 2. The molecule has 2 N–H and O–H groups in total. The van der Waals surface area contributed by atoms with Gasteiger partial charge in [-0.3, -0.25) is 14.4 Å². The molecule has 2 bridgehead atoms. The Morgan fingerprint density at radius 3 is 2.12 bits per heavy atom. The molecule has 8 heteroatoms. The highest BCUT2D eigenvalue weighted by Gasteiger charge is 2.76. The zero-order chi connectivity index (χ0) is 27.9. The standard InChI is InChI=1S/C32H43N3O5/c1-31-18-19-32(40-31)26(25(31)28(36)33-22-9-5-3-6-10-22)30(38)35(20-17-21-13-15-24(39-2)16-14-21)27(32)29(37)34-23-11-7-4-8-12-23/h13-16,18-19,22-23,25-27H,3-12,17,20H2,1-2H3,(H,33,36)(H,34,37)/t25-,26-,27-,31+,32-/m0/s1. The third-order valence-corrected chi connectivity index (χ3v) is 10.0. The highest BCUT2D eigenvalue weighted by Crippen LogP contribution is 2.59. The minimum atomic E-state index is -1.14. The summed E-state index contributed by atoms with van der Waals surface area (Å²) in [6.45, 7) is 2.27. The summed E-state index contributed by atoms with van der Waals surface area (Å²) in [5.74, 6) is -1.06. The van der Waals surface area contributed by atoms with Crippen molar-refractivity contribution in [1.82, 2.24) is 15.5 Å². The van der Waals surface area contributed by atoms with Gasteiger partial charge < -0.3 is 25.0 Å². The zero-order valence-corrected chi connectivity index (χ0v) is 23.8. The van der Waals surface area contributed by atoms with Crippen LogP contribution in [0.5, 0.6) is 5.75 Å². The van der Waals surface area contributed by atoms with E-state index in [2.05, 4.69) is 10.6 Å². The third-order valence-electron chi connectivity index (χ3n) is 10.0. The minimum Gasteiger partial charge on any atom is -0.497 e. The number of methoxy groups -OCH3 is 1. The zero-order valence-electron chi connectivity index (χ0n) is 23.8. The molecule has 6 rings (SSSR count). The number of likely N-dealkylation sites (tertiary alicyclic amines) is 1. The summed E-state index contributed by atoms with van der Waals surface area (Å²) in [5.41, 5.74) is -1.00. The molecule has 1 spiro atoms. The second-order valence-corrected chi connectivity index (χ2v) is 12.6. The number of hydrogen-bond donors (Lipinski definition) is 2. The fourth-order valence-electron chi connectivity index (χ4n) is 7.98. The molecule has 4 fully saturated rings. The van der Waals surface area contributed by atoms with Gasteiger partial charge in [0.25, 0.3) is 0 Å². The van der Waals surface area contributed by atoms with Gasteiger partial charge >= 0.3 is 0 Å². The monoisotopic (exact) mass is 549 g/mol. The first-order chi connectivity index (χ1) is 19.3. The summed E-state index contributed by atoms with van der Waals surface area (Å²) in [6, 6.07) is 7.22. The van der Waals surface area contributed by atoms with E-state index in [1.54, 1.807) is 12.0 Å². The number of fused-ring (bicyclic) bond motifs is 1. The highest BCUT2D eigenvalue weighted by atomic mass is 16.5. The quantitative estimate of drug-likeness (QED) is 0.483. The molecule has 3 heterocycles. The Morgan fingerprint density at radius 2 is 1.52 bits per heavy atom. The van der Waals surface area contributed by atoms with E-state index in [9.17, 15) is 14.4 Å². The number of carbonyl (C=O) groups is 3. The van der Waals surface area contributed by atoms with Gasteiger partial charge in [-0.1, -0.05) is 62.8 Å². The van der Waals surface area contributed by atoms with Crippen LogP contribution in [0, 0.1) is 11.8 Å². The van der Waals surface area contributed by atoms with Gasteiger partial charge in [-0.2, -0.15) is 0 Å². The van der Waals surface area contributed by atoms with Gasteiger partial charge in [0, 0.05) is 18.6 Å². The normalized spacial score (nSPS) is 33.7. The lowest BCUT2D eigenvalue weighted by Gasteiger charge is -2.34. The maximum atomic E-state index is 14.3. The lowest BCUT2D eigenvalue weighted by molar-refractivity contribution is -0.145. The van der Waals surface area contributed by atoms with Gasteiger partial charge in [0.2, 0.25) is 17.7 Å². The van der Waals surface area contributed by atoms with Crippen molar-refractivity contribution in [2.24, 2.45) is 11.8 Å². The van der Waals surface area contributed by atoms with Crippen LogP contribution in [-0.2, 0) is 25.5 Å². The molecular formula is C32H43N3O5. The molecule has 3 aliphatic heterocycles. The Bertz CT molecular complexity index is 1160. The number of hydrogen-bond acceptors (Lipinski definition) is 5. The van der Waals surface area contributed by atoms with Crippen LogP contribution in [0.25, 0.3) is 0 Å². The molecular weight excluding hydrogens is 506 g/mol. The summed E-state index contributed by atoms with van der Waals surface area (Å²) in [7, 11) is 1.63. The number of amides is 3. The third kappa shape index (κ3) is 4.72. The van der Waals surface area contributed by atoms with E-state index in [1.807, 2.05) is 43.3 Å². The van der Waals surface area contributed by atoms with Crippen molar-refractivity contribution < 1.29 is 23.9 Å². The summed E-state index contributed by atoms with van der Waals surface area (Å²) in [4.78, 5) is 43.9. The van der Waals surface area contributed by atoms with Gasteiger partial charge in [-0.05, 0) is 56.7 Å². The SMILES string of the molecule is COc1ccc(CCN2C(=O)[C@@H]3[C@@H](C(=O)NC4CCCCC4)[C@@]4(C)C=C[C@@]3(O4)[C@@H]2C(=O)NC2CCCCC2)cc1. The molecule has 0 unspecified atom stereocenters. The van der Waals surface area contributed by atoms with Crippen LogP contribution in [0.4, 0.5) is 0 Å². The molecule has 40 heavy (non-hydrogen) atoms. The Labute approximate surface area is 237 Å². The molecule has 2 aliphatic carbocycles. The van der Waals surface area contributed by atoms with Gasteiger partial charge in [0.1, 0.15) is 17.4 Å². The van der Waals surface area contributed by atoms with Gasteiger partial charge in [-0.15, -0.1) is 0 Å². The van der Waals surface area contributed by atoms with E-state index in [1.165, 1.54) is 12.8 Å². The smallest absolute Gasteiger partial charge is 0.246 e. The average Bonchev–Trinajstić information content (AvgIpc) is 3.53. The molecule has 2 saturated heterocycles. The lowest BCUT2D eigenvalue weighted by Crippen LogP contribution is -2.57. The molecule has 0 aromatic heterocycles. The van der Waals surface area contributed by atoms with Crippen molar-refractivity contribution in [3.05, 3.63) is 42.0 Å². The van der Waals surface area contributed by atoms with E-state index in [0.717, 1.165) is 62.7 Å². The first-order valence-electron chi connectivity index (χ1n) is 15.3. The van der Waals surface area contributed by atoms with Crippen LogP contribution in [0.2, 0.25) is 0 Å². The van der Waals surface area contributed by atoms with E-state index < -0.39 is 29.1 Å². The van der Waals surface area contributed by atoms with Crippen molar-refractivity contribution in [2.75, 3.05) is 13.7 Å². The second-order valence-electron chi connectivity index (χ2n) is 12.6. The van der Waals surface area contributed by atoms with Crippen LogP contribution < -0.4 is 15.4 Å². The van der Waals surface area contributed by atoms with Crippen molar-refractivity contribution in [2.45, 2.75) is 107 Å². The number of carbonyl (C=O) groups excluding carboxylic acids is 3. The fraction of sp³-hybridized carbons (Fsp3) is 0.656. The fourth-order valence-corrected chi connectivity index (χ4v) is 7.98. The molecule has 1 aromatic carbocycles. The van der Waals surface area contributed by atoms with Crippen LogP contribution in [-0.4, -0.2) is 65.6 Å². The molecule has 8 nitrogen and oxygen atoms in total. The van der Waals surface area contributed by atoms with Crippen molar-refractivity contribution in [1.29, 1.82) is 0 Å². The Hall–Kier alpha value is -2.87. The minimum absolute atomic E-state index is 0.110. The van der Waals surface area contributed by atoms with Crippen molar-refractivity contribution >= 4 is 17.7 Å². The molecule has 0 radical (unpaired) electrons. The Kier molecular flexibility index (Phi) is 7.40. The topological polar surface area (TPSA) is 97.0 Å². The van der Waals surface area contributed by atoms with Gasteiger partial charge in [-0.25, -0.2) is 0 Å². The lowest BCUT2D eigenvalue weighted by atomic mass is 9.70. The summed E-state index contributed by atoms with van der Waals surface area (Å²) >= 11 is 0. The Morgan fingerprint density at radius 1 is 0.925 bits per heavy atom. The summed E-state index contributed by atoms with van der Waals surface area (Å²) in [6.07, 6.45) is 15.1. The predicted octanol–water partition coefficient (Wildman–Crippen LogP) is 3.68. The molecule has 5 aliphatic rings. The molecule has 216 valence electrons. The first kappa shape index (κ1) is 27.3. The molecule has 2 saturated carbocycles. The van der Waals surface area contributed by atoms with E-state index in [4.69, 9.17) is 9.47 Å². The number of ether oxygens (including phenoxy) is 2. The molecule has 5 atom stereocenters. The second kappa shape index (κ2) is 10.8. The molecule has 3 amide bonds. The summed E-state index contributed by atoms with van der Waals surface area (Å²) in [5, 5.41) is 6.53. The van der Waals surface area contributed by atoms with E-state index in [-0.39, 0.29) is 29.8 Å². The Balaban J connectivity index is 1.28.